The smallest absolute Gasteiger partial charge is 0.323 e. The molecule has 4 rings (SSSR count). The topological polar surface area (TPSA) is 79.4 Å². The van der Waals surface area contributed by atoms with Gasteiger partial charge in [-0.1, -0.05) is 43.4 Å². The Labute approximate surface area is 200 Å². The van der Waals surface area contributed by atoms with Gasteiger partial charge in [0.15, 0.2) is 11.6 Å². The molecule has 0 spiro atoms. The summed E-state index contributed by atoms with van der Waals surface area (Å²) in [7, 11) is 0. The van der Waals surface area contributed by atoms with Crippen LogP contribution in [0.5, 0.6) is 0 Å². The zero-order chi connectivity index (χ0) is 25.0. The molecule has 0 amide bonds. The van der Waals surface area contributed by atoms with E-state index in [1.54, 1.807) is 24.5 Å². The second kappa shape index (κ2) is 9.92. The summed E-state index contributed by atoms with van der Waals surface area (Å²) in [5.41, 5.74) is 1.25. The molecule has 2 N–H and O–H groups in total. The van der Waals surface area contributed by atoms with Crippen LogP contribution in [0.25, 0.3) is 35.3 Å². The molecule has 0 fully saturated rings. The van der Waals surface area contributed by atoms with Gasteiger partial charge in [-0.3, -0.25) is 10.1 Å². The van der Waals surface area contributed by atoms with Crippen molar-refractivity contribution in [2.45, 2.75) is 26.4 Å². The van der Waals surface area contributed by atoms with Gasteiger partial charge in [0.05, 0.1) is 16.6 Å². The third-order valence-corrected chi connectivity index (χ3v) is 5.40. The third kappa shape index (κ3) is 5.29. The molecule has 4 aromatic rings. The van der Waals surface area contributed by atoms with Crippen LogP contribution in [-0.4, -0.2) is 25.1 Å². The van der Waals surface area contributed by atoms with E-state index in [0.717, 1.165) is 18.1 Å². The molecule has 0 radical (unpaired) electrons. The molecule has 0 atom stereocenters. The van der Waals surface area contributed by atoms with Crippen LogP contribution < -0.4 is 15.9 Å². The van der Waals surface area contributed by atoms with Crippen LogP contribution in [0, 0.1) is 0 Å². The van der Waals surface area contributed by atoms with E-state index in [9.17, 15) is 13.2 Å². The van der Waals surface area contributed by atoms with Gasteiger partial charge < -0.3 is 5.32 Å². The molecule has 35 heavy (non-hydrogen) atoms. The molecule has 0 aliphatic heterocycles. The van der Waals surface area contributed by atoms with E-state index in [1.165, 1.54) is 18.2 Å². The van der Waals surface area contributed by atoms with E-state index >= 15 is 0 Å². The molecule has 6 nitrogen and oxygen atoms in total. The normalized spacial score (nSPS) is 12.7. The maximum atomic E-state index is 13.5. The number of rotatable bonds is 6. The van der Waals surface area contributed by atoms with Gasteiger partial charge in [-0.15, -0.1) is 0 Å². The van der Waals surface area contributed by atoms with Crippen molar-refractivity contribution in [3.8, 4) is 22.6 Å². The Morgan fingerprint density at radius 3 is 2.63 bits per heavy atom. The van der Waals surface area contributed by atoms with Crippen molar-refractivity contribution in [3.63, 3.8) is 0 Å². The Morgan fingerprint density at radius 2 is 1.94 bits per heavy atom. The van der Waals surface area contributed by atoms with E-state index in [4.69, 9.17) is 0 Å². The standard InChI is InChI=1S/C26H23F3N6/c1-4-17(5-2)13-20-16(3)31-24(18-9-8-12-30-15-18)33-25(20)32-23-14-22(34-35-23)19-10-6-7-11-21(19)26(27,28)29/h4,6-15H,3,5H2,1-2H3,(H2,31,32,33,34,35)/b17-4-,20-13+. The van der Waals surface area contributed by atoms with E-state index in [0.29, 0.717) is 33.6 Å². The molecule has 0 unspecified atom stereocenters. The molecule has 1 aromatic carbocycles. The predicted octanol–water partition coefficient (Wildman–Crippen LogP) is 5.24. The van der Waals surface area contributed by atoms with Crippen LogP contribution in [0.1, 0.15) is 25.8 Å². The second-order valence-electron chi connectivity index (χ2n) is 7.69. The summed E-state index contributed by atoms with van der Waals surface area (Å²) in [4.78, 5) is 13.3. The van der Waals surface area contributed by atoms with Crippen LogP contribution in [-0.2, 0) is 6.18 Å². The number of allylic oxidation sites excluding steroid dienone is 2. The summed E-state index contributed by atoms with van der Waals surface area (Å²) in [5, 5.41) is 11.2. The molecule has 3 aromatic heterocycles. The van der Waals surface area contributed by atoms with Crippen molar-refractivity contribution in [1.82, 2.24) is 25.1 Å². The number of alkyl halides is 3. The molecule has 0 bridgehead atoms. The second-order valence-corrected chi connectivity index (χ2v) is 7.69. The highest BCUT2D eigenvalue weighted by molar-refractivity contribution is 5.70. The van der Waals surface area contributed by atoms with E-state index in [1.807, 2.05) is 32.1 Å². The molecule has 3 heterocycles. The molecule has 0 aliphatic rings. The van der Waals surface area contributed by atoms with Gasteiger partial charge in [0, 0.05) is 34.8 Å². The largest absolute Gasteiger partial charge is 0.417 e. The van der Waals surface area contributed by atoms with E-state index in [2.05, 4.69) is 37.0 Å². The molecule has 0 aliphatic carbocycles. The lowest BCUT2D eigenvalue weighted by atomic mass is 10.0. The van der Waals surface area contributed by atoms with E-state index in [-0.39, 0.29) is 11.3 Å². The maximum Gasteiger partial charge on any atom is 0.417 e. The van der Waals surface area contributed by atoms with Gasteiger partial charge in [0.25, 0.3) is 0 Å². The van der Waals surface area contributed by atoms with Gasteiger partial charge in [-0.2, -0.15) is 18.3 Å². The fraction of sp³-hybridized carbons (Fsp3) is 0.154. The quantitative estimate of drug-likeness (QED) is 0.398. The Morgan fingerprint density at radius 1 is 1.14 bits per heavy atom. The summed E-state index contributed by atoms with van der Waals surface area (Å²) in [5.74, 6) is 1.15. The number of hydrogen-bond acceptors (Lipinski definition) is 5. The Balaban J connectivity index is 1.80. The number of hydrogen-bond donors (Lipinski definition) is 2. The minimum absolute atomic E-state index is 0.00565. The average Bonchev–Trinajstić information content (AvgIpc) is 3.32. The minimum atomic E-state index is -4.49. The van der Waals surface area contributed by atoms with Gasteiger partial charge in [-0.05, 0) is 37.6 Å². The number of anilines is 2. The first-order valence-corrected chi connectivity index (χ1v) is 10.9. The lowest BCUT2D eigenvalue weighted by Crippen LogP contribution is -2.31. The zero-order valence-corrected chi connectivity index (χ0v) is 19.2. The van der Waals surface area contributed by atoms with Crippen LogP contribution in [0.3, 0.4) is 0 Å². The number of nitrogens with zero attached hydrogens (tertiary/aromatic N) is 4. The zero-order valence-electron chi connectivity index (χ0n) is 19.2. The van der Waals surface area contributed by atoms with Crippen LogP contribution in [0.15, 0.2) is 66.5 Å². The van der Waals surface area contributed by atoms with Gasteiger partial charge in [-0.25, -0.2) is 9.97 Å². The fourth-order valence-electron chi connectivity index (χ4n) is 3.57. The average molecular weight is 477 g/mol. The van der Waals surface area contributed by atoms with Crippen LogP contribution in [0.4, 0.5) is 24.8 Å². The number of halogens is 3. The molecular weight excluding hydrogens is 453 g/mol. The molecule has 0 saturated carbocycles. The van der Waals surface area contributed by atoms with Crippen molar-refractivity contribution in [1.29, 1.82) is 0 Å². The summed E-state index contributed by atoms with van der Waals surface area (Å²) in [6.07, 6.45) is 3.52. The highest BCUT2D eigenvalue weighted by Gasteiger charge is 2.33. The summed E-state index contributed by atoms with van der Waals surface area (Å²) >= 11 is 0. The summed E-state index contributed by atoms with van der Waals surface area (Å²) < 4.78 is 40.5. The number of H-pyrrole nitrogens is 1. The third-order valence-electron chi connectivity index (χ3n) is 5.40. The molecule has 0 saturated heterocycles. The lowest BCUT2D eigenvalue weighted by Gasteiger charge is -2.10. The molecule has 9 heteroatoms. The van der Waals surface area contributed by atoms with Gasteiger partial charge >= 0.3 is 6.18 Å². The fourth-order valence-corrected chi connectivity index (χ4v) is 3.57. The van der Waals surface area contributed by atoms with Crippen molar-refractivity contribution in [3.05, 3.63) is 82.6 Å². The highest BCUT2D eigenvalue weighted by atomic mass is 19.4. The predicted molar refractivity (Wildman–Crippen MR) is 131 cm³/mol. The maximum absolute atomic E-state index is 13.5. The first-order valence-electron chi connectivity index (χ1n) is 10.9. The monoisotopic (exact) mass is 476 g/mol. The number of aromatic nitrogens is 5. The van der Waals surface area contributed by atoms with Crippen LogP contribution >= 0.6 is 0 Å². The van der Waals surface area contributed by atoms with Crippen LogP contribution in [0.2, 0.25) is 0 Å². The number of pyridine rings is 1. The molecule has 178 valence electrons. The highest BCUT2D eigenvalue weighted by Crippen LogP contribution is 2.36. The van der Waals surface area contributed by atoms with Crippen molar-refractivity contribution in [2.75, 3.05) is 5.32 Å². The lowest BCUT2D eigenvalue weighted by molar-refractivity contribution is -0.137. The molecular formula is C26H23F3N6. The van der Waals surface area contributed by atoms with Gasteiger partial charge in [0.2, 0.25) is 0 Å². The first-order chi connectivity index (χ1) is 16.8. The summed E-state index contributed by atoms with van der Waals surface area (Å²) in [6, 6.07) is 10.5. The first kappa shape index (κ1) is 23.9. The van der Waals surface area contributed by atoms with Crippen molar-refractivity contribution < 1.29 is 13.2 Å². The Bertz CT molecular complexity index is 1470. The van der Waals surface area contributed by atoms with Gasteiger partial charge in [0.1, 0.15) is 5.82 Å². The Kier molecular flexibility index (Phi) is 6.77. The number of benzene rings is 1. The number of aromatic amines is 1. The van der Waals surface area contributed by atoms with Crippen molar-refractivity contribution >= 4 is 24.3 Å². The summed E-state index contributed by atoms with van der Waals surface area (Å²) in [6.45, 7) is 8.07. The minimum Gasteiger partial charge on any atom is -0.323 e. The SMILES string of the molecule is C=c1nc(-c2cccnc2)nc(Nc2cc(-c3ccccc3C(F)(F)F)[nH]n2)/c1=C/C(=C\C)CC. The Hall–Kier alpha value is -4.27. The van der Waals surface area contributed by atoms with E-state index < -0.39 is 11.7 Å². The number of nitrogens with one attached hydrogen (secondary N) is 2. The van der Waals surface area contributed by atoms with Crippen molar-refractivity contribution in [2.24, 2.45) is 0 Å².